The van der Waals surface area contributed by atoms with E-state index in [-0.39, 0.29) is 5.78 Å². The predicted octanol–water partition coefficient (Wildman–Crippen LogP) is 8.42. The smallest absolute Gasteiger partial charge is 0.193 e. The minimum Gasteiger partial charge on any atom is -0.320 e. The van der Waals surface area contributed by atoms with Crippen LogP contribution in [0.25, 0.3) is 27.5 Å². The summed E-state index contributed by atoms with van der Waals surface area (Å²) in [6.07, 6.45) is 8.67. The number of carbonyl (C=O) groups excluding carboxylic acids is 1. The molecule has 0 radical (unpaired) electrons. The topological polar surface area (TPSA) is 68.2 Å². The van der Waals surface area contributed by atoms with Crippen LogP contribution in [-0.4, -0.2) is 15.6 Å². The Hall–Kier alpha value is -3.73. The summed E-state index contributed by atoms with van der Waals surface area (Å²) < 4.78 is 2.34. The van der Waals surface area contributed by atoms with E-state index < -0.39 is 0 Å². The lowest BCUT2D eigenvalue weighted by Crippen LogP contribution is -2.02. The Kier molecular flexibility index (Phi) is 9.47. The average Bonchev–Trinajstić information content (AvgIpc) is 3.31. The van der Waals surface area contributed by atoms with Crippen molar-refractivity contribution in [2.24, 2.45) is 5.90 Å². The van der Waals surface area contributed by atoms with Gasteiger partial charge >= 0.3 is 0 Å². The van der Waals surface area contributed by atoms with Crippen LogP contribution >= 0.6 is 0 Å². The molecule has 3 N–H and O–H groups in total. The lowest BCUT2D eigenvalue weighted by atomic mass is 10.0. The molecule has 1 heterocycles. The number of aryl methyl sites for hydroxylation is 2. The van der Waals surface area contributed by atoms with Crippen LogP contribution in [0, 0.1) is 0 Å². The molecule has 0 aliphatic carbocycles. The molecule has 38 heavy (non-hydrogen) atoms. The minimum absolute atomic E-state index is 0.0561. The molecule has 5 aromatic rings. The van der Waals surface area contributed by atoms with Gasteiger partial charge in [-0.15, -0.1) is 0 Å². The SMILES string of the molecule is CCCCCCCc1ccc2c(c1)c1cc(CC)ccc1n2-c1ccc(C(=O)c2ccccc2)cc1.NO. The number of rotatable bonds is 10. The van der Waals surface area contributed by atoms with E-state index >= 15 is 0 Å². The fourth-order valence-corrected chi connectivity index (χ4v) is 5.22. The molecule has 1 aromatic heterocycles. The van der Waals surface area contributed by atoms with E-state index in [0.717, 1.165) is 24.1 Å². The summed E-state index contributed by atoms with van der Waals surface area (Å²) in [7, 11) is 0. The van der Waals surface area contributed by atoms with Crippen LogP contribution in [-0.2, 0) is 12.8 Å². The van der Waals surface area contributed by atoms with E-state index in [1.54, 1.807) is 0 Å². The number of fused-ring (bicyclic) bond motifs is 3. The van der Waals surface area contributed by atoms with Gasteiger partial charge < -0.3 is 9.77 Å². The molecule has 4 nitrogen and oxygen atoms in total. The molecule has 196 valence electrons. The normalized spacial score (nSPS) is 10.9. The van der Waals surface area contributed by atoms with Crippen molar-refractivity contribution in [3.63, 3.8) is 0 Å². The van der Waals surface area contributed by atoms with Crippen molar-refractivity contribution in [3.05, 3.63) is 113 Å². The van der Waals surface area contributed by atoms with Gasteiger partial charge in [-0.3, -0.25) is 4.79 Å². The number of unbranched alkanes of at least 4 members (excludes halogenated alkanes) is 4. The first-order chi connectivity index (χ1) is 18.7. The second kappa shape index (κ2) is 13.2. The lowest BCUT2D eigenvalue weighted by Gasteiger charge is -2.10. The Balaban J connectivity index is 0.00000164. The molecule has 4 aromatic carbocycles. The fourth-order valence-electron chi connectivity index (χ4n) is 5.22. The number of benzene rings is 4. The standard InChI is InChI=1S/C34H35NO.H3NO/c1-3-5-6-7-9-12-26-16-22-33-31(24-26)30-23-25(4-2)15-21-32(30)35(33)29-19-17-28(18-20-29)34(36)27-13-10-8-11-14-27;1-2/h8,10-11,13-24H,3-7,9,12H2,1-2H3;2H,1H2. The number of nitrogens with two attached hydrogens (primary N) is 1. The highest BCUT2D eigenvalue weighted by Crippen LogP contribution is 2.34. The van der Waals surface area contributed by atoms with Crippen molar-refractivity contribution in [2.45, 2.75) is 58.8 Å². The van der Waals surface area contributed by atoms with Crippen LogP contribution in [0.5, 0.6) is 0 Å². The number of hydrogen-bond acceptors (Lipinski definition) is 3. The molecule has 0 amide bonds. The van der Waals surface area contributed by atoms with Gasteiger partial charge in [0.2, 0.25) is 0 Å². The van der Waals surface area contributed by atoms with Gasteiger partial charge in [0.25, 0.3) is 0 Å². The van der Waals surface area contributed by atoms with Gasteiger partial charge in [-0.05, 0) is 78.9 Å². The average molecular weight is 507 g/mol. The number of aromatic nitrogens is 1. The summed E-state index contributed by atoms with van der Waals surface area (Å²) in [6, 6.07) is 31.4. The second-order valence-corrected chi connectivity index (χ2v) is 9.80. The molecule has 0 fully saturated rings. The van der Waals surface area contributed by atoms with Crippen LogP contribution in [0.15, 0.2) is 91.0 Å². The quantitative estimate of drug-likeness (QED) is 0.113. The van der Waals surface area contributed by atoms with Gasteiger partial charge in [0.05, 0.1) is 11.0 Å². The van der Waals surface area contributed by atoms with E-state index in [9.17, 15) is 4.79 Å². The molecule has 0 saturated carbocycles. The summed E-state index contributed by atoms with van der Waals surface area (Å²) in [6.45, 7) is 4.48. The zero-order valence-electron chi connectivity index (χ0n) is 22.5. The Morgan fingerprint density at radius 3 is 1.89 bits per heavy atom. The maximum atomic E-state index is 12.9. The summed E-state index contributed by atoms with van der Waals surface area (Å²) in [5.41, 5.74) is 7.72. The first kappa shape index (κ1) is 27.3. The molecular weight excluding hydrogens is 468 g/mol. The molecule has 4 heteroatoms. The van der Waals surface area contributed by atoms with E-state index in [0.29, 0.717) is 5.56 Å². The van der Waals surface area contributed by atoms with Gasteiger partial charge in [0.15, 0.2) is 5.78 Å². The molecule has 0 spiro atoms. The Morgan fingerprint density at radius 1 is 0.684 bits per heavy atom. The summed E-state index contributed by atoms with van der Waals surface area (Å²) in [4.78, 5) is 12.9. The highest BCUT2D eigenvalue weighted by Gasteiger charge is 2.15. The van der Waals surface area contributed by atoms with Crippen molar-refractivity contribution in [3.8, 4) is 5.69 Å². The van der Waals surface area contributed by atoms with Gasteiger partial charge in [-0.25, -0.2) is 5.90 Å². The van der Waals surface area contributed by atoms with Crippen molar-refractivity contribution in [1.29, 1.82) is 0 Å². The maximum Gasteiger partial charge on any atom is 0.193 e. The first-order valence-corrected chi connectivity index (χ1v) is 13.7. The molecule has 0 bridgehead atoms. The third kappa shape index (κ3) is 5.88. The second-order valence-electron chi connectivity index (χ2n) is 9.80. The van der Waals surface area contributed by atoms with E-state index in [4.69, 9.17) is 5.21 Å². The Morgan fingerprint density at radius 2 is 1.26 bits per heavy atom. The lowest BCUT2D eigenvalue weighted by molar-refractivity contribution is 0.103. The van der Waals surface area contributed by atoms with Crippen LogP contribution in [0.4, 0.5) is 0 Å². The number of ketones is 1. The molecular formula is C34H38N2O2. The van der Waals surface area contributed by atoms with Crippen LogP contribution in [0.3, 0.4) is 0 Å². The summed E-state index contributed by atoms with van der Waals surface area (Å²) >= 11 is 0. The molecule has 0 aliphatic heterocycles. The maximum absolute atomic E-state index is 12.9. The van der Waals surface area contributed by atoms with Gasteiger partial charge in [0, 0.05) is 27.6 Å². The molecule has 0 unspecified atom stereocenters. The molecule has 0 saturated heterocycles. The first-order valence-electron chi connectivity index (χ1n) is 13.7. The van der Waals surface area contributed by atoms with Crippen LogP contribution < -0.4 is 5.90 Å². The highest BCUT2D eigenvalue weighted by atomic mass is 16.4. The van der Waals surface area contributed by atoms with Crippen molar-refractivity contribution < 1.29 is 10.0 Å². The van der Waals surface area contributed by atoms with Gasteiger partial charge in [-0.2, -0.15) is 0 Å². The summed E-state index contributed by atoms with van der Waals surface area (Å²) in [5, 5.41) is 9.12. The number of carbonyl (C=O) groups is 1. The molecule has 0 aliphatic rings. The van der Waals surface area contributed by atoms with E-state index in [1.807, 2.05) is 42.5 Å². The molecule has 5 rings (SSSR count). The van der Waals surface area contributed by atoms with Crippen LogP contribution in [0.1, 0.15) is 73.0 Å². The Labute approximate surface area is 225 Å². The van der Waals surface area contributed by atoms with Crippen molar-refractivity contribution in [2.75, 3.05) is 0 Å². The monoisotopic (exact) mass is 506 g/mol. The Bertz CT molecular complexity index is 1480. The number of nitrogens with zero attached hydrogens (tertiary/aromatic N) is 1. The third-order valence-electron chi connectivity index (χ3n) is 7.29. The van der Waals surface area contributed by atoms with Gasteiger partial charge in [0.1, 0.15) is 0 Å². The zero-order valence-corrected chi connectivity index (χ0v) is 22.5. The zero-order chi connectivity index (χ0) is 26.9. The van der Waals surface area contributed by atoms with E-state index in [2.05, 4.69) is 72.8 Å². The van der Waals surface area contributed by atoms with Crippen molar-refractivity contribution >= 4 is 27.6 Å². The number of hydrogen-bond donors (Lipinski definition) is 2. The largest absolute Gasteiger partial charge is 0.320 e. The van der Waals surface area contributed by atoms with Crippen LogP contribution in [0.2, 0.25) is 0 Å². The highest BCUT2D eigenvalue weighted by molar-refractivity contribution is 6.10. The van der Waals surface area contributed by atoms with E-state index in [1.165, 1.54) is 65.0 Å². The molecule has 0 atom stereocenters. The predicted molar refractivity (Wildman–Crippen MR) is 158 cm³/mol. The third-order valence-corrected chi connectivity index (χ3v) is 7.29. The van der Waals surface area contributed by atoms with Crippen molar-refractivity contribution in [1.82, 2.24) is 4.57 Å². The minimum atomic E-state index is 0.0561. The summed E-state index contributed by atoms with van der Waals surface area (Å²) in [5.74, 6) is 3.56. The van der Waals surface area contributed by atoms with Gasteiger partial charge in [-0.1, -0.05) is 82.0 Å². The fraction of sp³-hybridized carbons (Fsp3) is 0.265.